The van der Waals surface area contributed by atoms with Crippen LogP contribution in [0.1, 0.15) is 57.9 Å². The lowest BCUT2D eigenvalue weighted by Crippen LogP contribution is -2.41. The van der Waals surface area contributed by atoms with Crippen molar-refractivity contribution in [3.05, 3.63) is 45.7 Å². The summed E-state index contributed by atoms with van der Waals surface area (Å²) in [6.45, 7) is 5.84. The van der Waals surface area contributed by atoms with Crippen molar-refractivity contribution in [1.82, 2.24) is 20.0 Å². The number of aromatic nitrogens is 4. The van der Waals surface area contributed by atoms with Crippen LogP contribution in [-0.4, -0.2) is 57.2 Å². The maximum Gasteiger partial charge on any atom is 0.251 e. The molecule has 1 N–H and O–H groups in total. The van der Waals surface area contributed by atoms with Gasteiger partial charge < -0.3 is 14.9 Å². The van der Waals surface area contributed by atoms with E-state index in [0.717, 1.165) is 24.5 Å². The van der Waals surface area contributed by atoms with Gasteiger partial charge in [0.05, 0.1) is 28.9 Å². The van der Waals surface area contributed by atoms with Gasteiger partial charge in [-0.2, -0.15) is 0 Å². The number of benzene rings is 1. The summed E-state index contributed by atoms with van der Waals surface area (Å²) in [7, 11) is 0. The van der Waals surface area contributed by atoms with Gasteiger partial charge in [0, 0.05) is 48.2 Å². The Kier molecular flexibility index (Phi) is 6.40. The van der Waals surface area contributed by atoms with Crippen LogP contribution < -0.4 is 9.80 Å². The van der Waals surface area contributed by atoms with E-state index in [1.807, 2.05) is 23.2 Å². The summed E-state index contributed by atoms with van der Waals surface area (Å²) in [5.41, 5.74) is 3.36. The van der Waals surface area contributed by atoms with Crippen molar-refractivity contribution in [2.24, 2.45) is 5.41 Å². The first kappa shape index (κ1) is 25.9. The predicted octanol–water partition coefficient (Wildman–Crippen LogP) is 5.78. The fourth-order valence-corrected chi connectivity index (χ4v) is 6.17. The largest absolute Gasteiger partial charge is 0.386 e. The molecule has 1 aromatic carbocycles. The number of pyridine rings is 1. The van der Waals surface area contributed by atoms with Gasteiger partial charge >= 0.3 is 0 Å². The van der Waals surface area contributed by atoms with E-state index in [1.165, 1.54) is 29.3 Å². The topological polar surface area (TPSA) is 70.3 Å². The summed E-state index contributed by atoms with van der Waals surface area (Å²) >= 11 is 2.35. The number of piperidine rings is 2. The second-order valence-corrected chi connectivity index (χ2v) is 12.9. The van der Waals surface area contributed by atoms with E-state index in [4.69, 9.17) is 4.98 Å². The number of aliphatic hydroxyl groups is 1. The van der Waals surface area contributed by atoms with E-state index in [2.05, 4.69) is 56.0 Å². The van der Waals surface area contributed by atoms with Gasteiger partial charge in [-0.25, -0.2) is 18.4 Å². The Bertz CT molecular complexity index is 1330. The van der Waals surface area contributed by atoms with Crippen LogP contribution in [0.15, 0.2) is 36.5 Å². The highest BCUT2D eigenvalue weighted by molar-refractivity contribution is 14.1. The zero-order chi connectivity index (χ0) is 26.7. The summed E-state index contributed by atoms with van der Waals surface area (Å²) in [4.78, 5) is 9.14. The molecule has 1 saturated carbocycles. The number of rotatable bonds is 5. The molecule has 1 spiro atoms. The molecule has 0 unspecified atom stereocenters. The molecule has 10 heteroatoms. The zero-order valence-electron chi connectivity index (χ0n) is 21.8. The van der Waals surface area contributed by atoms with Gasteiger partial charge in [-0.3, -0.25) is 0 Å². The summed E-state index contributed by atoms with van der Waals surface area (Å²) in [5.74, 6) is -2.14. The van der Waals surface area contributed by atoms with Gasteiger partial charge in [0.25, 0.3) is 5.92 Å². The number of halogens is 3. The lowest BCUT2D eigenvalue weighted by Gasteiger charge is -2.35. The second kappa shape index (κ2) is 9.39. The molecule has 3 fully saturated rings. The van der Waals surface area contributed by atoms with Gasteiger partial charge in [-0.15, -0.1) is 5.10 Å². The molecule has 7 nitrogen and oxygen atoms in total. The van der Waals surface area contributed by atoms with Gasteiger partial charge in [0.2, 0.25) is 0 Å². The fraction of sp³-hybridized carbons (Fsp3) is 0.536. The van der Waals surface area contributed by atoms with Crippen LogP contribution in [0.3, 0.4) is 0 Å². The molecule has 3 aliphatic rings. The van der Waals surface area contributed by atoms with Gasteiger partial charge in [0.15, 0.2) is 0 Å². The molecule has 0 bridgehead atoms. The Morgan fingerprint density at radius 1 is 0.868 bits per heavy atom. The van der Waals surface area contributed by atoms with Crippen molar-refractivity contribution in [3.63, 3.8) is 0 Å². The van der Waals surface area contributed by atoms with E-state index in [-0.39, 0.29) is 25.9 Å². The van der Waals surface area contributed by atoms with Crippen molar-refractivity contribution in [2.75, 3.05) is 36.0 Å². The van der Waals surface area contributed by atoms with Crippen LogP contribution in [-0.2, 0) is 5.60 Å². The molecule has 6 rings (SSSR count). The van der Waals surface area contributed by atoms with Crippen molar-refractivity contribution >= 4 is 34.1 Å². The SMILES string of the molecule is CC(C)(O)c1ccc(-c2cn(-c3ccc(I)cc3N3CCC4(CC3)CC4)nn2)nc1N1CCC(F)(F)CC1. The van der Waals surface area contributed by atoms with E-state index in [0.29, 0.717) is 28.2 Å². The third-order valence-corrected chi connectivity index (χ3v) is 9.06. The molecule has 2 aliphatic heterocycles. The molecular weight excluding hydrogens is 601 g/mol. The fourth-order valence-electron chi connectivity index (χ4n) is 5.70. The molecule has 2 aromatic heterocycles. The highest BCUT2D eigenvalue weighted by Gasteiger charge is 2.44. The summed E-state index contributed by atoms with van der Waals surface area (Å²) in [6, 6.07) is 10.0. The average Bonchev–Trinajstić information content (AvgIpc) is 3.44. The minimum Gasteiger partial charge on any atom is -0.386 e. The lowest BCUT2D eigenvalue weighted by atomic mass is 9.93. The number of alkyl halides is 2. The van der Waals surface area contributed by atoms with Gasteiger partial charge in [0.1, 0.15) is 11.5 Å². The van der Waals surface area contributed by atoms with E-state index < -0.39 is 11.5 Å². The second-order valence-electron chi connectivity index (χ2n) is 11.6. The van der Waals surface area contributed by atoms with Crippen molar-refractivity contribution in [1.29, 1.82) is 0 Å². The summed E-state index contributed by atoms with van der Waals surface area (Å²) in [6.07, 6.45) is 6.63. The maximum absolute atomic E-state index is 13.8. The van der Waals surface area contributed by atoms with Gasteiger partial charge in [-0.05, 0) is 91.8 Å². The Balaban J connectivity index is 1.31. The highest BCUT2D eigenvalue weighted by Crippen LogP contribution is 2.54. The minimum absolute atomic E-state index is 0.183. The third kappa shape index (κ3) is 5.13. The number of hydrogen-bond acceptors (Lipinski definition) is 6. The Morgan fingerprint density at radius 2 is 1.55 bits per heavy atom. The Hall–Kier alpha value is -2.34. The van der Waals surface area contributed by atoms with Gasteiger partial charge in [-0.1, -0.05) is 11.3 Å². The van der Waals surface area contributed by atoms with E-state index >= 15 is 0 Å². The van der Waals surface area contributed by atoms with E-state index in [9.17, 15) is 13.9 Å². The van der Waals surface area contributed by atoms with Crippen LogP contribution in [0.2, 0.25) is 0 Å². The molecular formula is C28H33F2IN6O. The molecule has 2 saturated heterocycles. The van der Waals surface area contributed by atoms with Crippen LogP contribution >= 0.6 is 22.6 Å². The van der Waals surface area contributed by atoms with Crippen molar-refractivity contribution < 1.29 is 13.9 Å². The molecule has 3 aromatic rings. The molecule has 4 heterocycles. The maximum atomic E-state index is 13.8. The number of nitrogens with zero attached hydrogens (tertiary/aromatic N) is 6. The lowest BCUT2D eigenvalue weighted by molar-refractivity contribution is -0.0222. The summed E-state index contributed by atoms with van der Waals surface area (Å²) < 4.78 is 30.7. The number of hydrogen-bond donors (Lipinski definition) is 1. The van der Waals surface area contributed by atoms with Crippen molar-refractivity contribution in [3.8, 4) is 17.1 Å². The standard InChI is InChI=1S/C28H33F2IN6O/c1-26(2,38)20-4-5-21(32-25(20)36-15-11-28(29,30)12-16-36)22-18-37(34-33-22)23-6-3-19(31)17-24(23)35-13-9-27(7-8-27)10-14-35/h3-6,17-18,38H,7-16H2,1-2H3. The quantitative estimate of drug-likeness (QED) is 0.360. The first-order valence-corrected chi connectivity index (χ1v) is 14.4. The first-order valence-electron chi connectivity index (χ1n) is 13.4. The van der Waals surface area contributed by atoms with Crippen LogP contribution in [0, 0.1) is 8.99 Å². The Morgan fingerprint density at radius 3 is 2.21 bits per heavy atom. The molecule has 38 heavy (non-hydrogen) atoms. The van der Waals surface area contributed by atoms with Crippen LogP contribution in [0.5, 0.6) is 0 Å². The van der Waals surface area contributed by atoms with E-state index in [1.54, 1.807) is 18.5 Å². The predicted molar refractivity (Wildman–Crippen MR) is 152 cm³/mol. The third-order valence-electron chi connectivity index (χ3n) is 8.39. The molecule has 0 amide bonds. The van der Waals surface area contributed by atoms with Crippen molar-refractivity contribution in [2.45, 2.75) is 63.9 Å². The highest BCUT2D eigenvalue weighted by atomic mass is 127. The smallest absolute Gasteiger partial charge is 0.251 e. The molecule has 0 radical (unpaired) electrons. The molecule has 202 valence electrons. The first-order chi connectivity index (χ1) is 18.0. The normalized spacial score (nSPS) is 20.7. The van der Waals surface area contributed by atoms with Crippen LogP contribution in [0.25, 0.3) is 17.1 Å². The number of anilines is 2. The minimum atomic E-state index is -2.66. The molecule has 0 atom stereocenters. The average molecular weight is 635 g/mol. The molecule has 1 aliphatic carbocycles. The Labute approximate surface area is 235 Å². The zero-order valence-corrected chi connectivity index (χ0v) is 24.0. The summed E-state index contributed by atoms with van der Waals surface area (Å²) in [5, 5.41) is 19.7. The van der Waals surface area contributed by atoms with Crippen LogP contribution in [0.4, 0.5) is 20.3 Å². The monoisotopic (exact) mass is 634 g/mol.